The summed E-state index contributed by atoms with van der Waals surface area (Å²) in [6.45, 7) is -0.00720. The standard InChI is InChI=1S/C25H22F4N6O4S/c1-34(2)24-32-17(11-18(33-24)14-3-6-21(30-12-14)25(27,28)29)13-31-23(36)19-7-8-35(19)40(37,38)22-10-15-9-16(26)4-5-20(15)39-22/h3-6,9-12,19H,7-8,13H2,1-2H3,(H,31,36)/t19-/m0/s1. The number of rotatable bonds is 7. The molecule has 210 valence electrons. The predicted octanol–water partition coefficient (Wildman–Crippen LogP) is 3.59. The Balaban J connectivity index is 1.32. The van der Waals surface area contributed by atoms with Gasteiger partial charge >= 0.3 is 6.18 Å². The topological polar surface area (TPSA) is 122 Å². The maximum Gasteiger partial charge on any atom is 0.433 e. The molecule has 40 heavy (non-hydrogen) atoms. The molecule has 0 bridgehead atoms. The molecule has 0 radical (unpaired) electrons. The minimum absolute atomic E-state index is 0.0924. The van der Waals surface area contributed by atoms with Gasteiger partial charge in [0.15, 0.2) is 0 Å². The second-order valence-electron chi connectivity index (χ2n) is 9.25. The number of anilines is 1. The molecule has 1 saturated heterocycles. The van der Waals surface area contributed by atoms with E-state index in [1.165, 1.54) is 24.3 Å². The molecule has 1 aliphatic rings. The molecule has 1 aliphatic heterocycles. The van der Waals surface area contributed by atoms with E-state index < -0.39 is 44.8 Å². The molecule has 10 nitrogen and oxygen atoms in total. The molecular formula is C25H22F4N6O4S. The van der Waals surface area contributed by atoms with Gasteiger partial charge in [0, 0.05) is 43.9 Å². The molecule has 1 N–H and O–H groups in total. The monoisotopic (exact) mass is 578 g/mol. The van der Waals surface area contributed by atoms with Crippen molar-refractivity contribution in [1.29, 1.82) is 0 Å². The number of carbonyl (C=O) groups excluding carboxylic acids is 1. The molecule has 0 unspecified atom stereocenters. The van der Waals surface area contributed by atoms with Crippen LogP contribution in [0.4, 0.5) is 23.5 Å². The summed E-state index contributed by atoms with van der Waals surface area (Å²) in [5.74, 6) is -0.867. The number of aromatic nitrogens is 3. The highest BCUT2D eigenvalue weighted by molar-refractivity contribution is 7.89. The predicted molar refractivity (Wildman–Crippen MR) is 135 cm³/mol. The molecule has 1 aromatic carbocycles. The Hall–Kier alpha value is -4.11. The number of nitrogens with one attached hydrogen (secondary N) is 1. The highest BCUT2D eigenvalue weighted by atomic mass is 32.2. The molecule has 1 atom stereocenters. The number of benzene rings is 1. The molecule has 1 amide bonds. The van der Waals surface area contributed by atoms with E-state index >= 15 is 0 Å². The third-order valence-corrected chi connectivity index (χ3v) is 8.02. The number of pyridine rings is 1. The highest BCUT2D eigenvalue weighted by Gasteiger charge is 2.44. The minimum Gasteiger partial charge on any atom is -0.443 e. The number of amides is 1. The van der Waals surface area contributed by atoms with Crippen molar-refractivity contribution >= 4 is 32.8 Å². The van der Waals surface area contributed by atoms with Gasteiger partial charge in [-0.3, -0.25) is 9.78 Å². The van der Waals surface area contributed by atoms with Crippen molar-refractivity contribution in [1.82, 2.24) is 24.6 Å². The number of hydrogen-bond donors (Lipinski definition) is 1. The zero-order chi connectivity index (χ0) is 28.8. The lowest BCUT2D eigenvalue weighted by Crippen LogP contribution is -2.57. The number of alkyl halides is 3. The van der Waals surface area contributed by atoms with Gasteiger partial charge in [0.25, 0.3) is 10.0 Å². The Morgan fingerprint density at radius 3 is 2.55 bits per heavy atom. The summed E-state index contributed by atoms with van der Waals surface area (Å²) in [7, 11) is -0.812. The number of furan rings is 1. The summed E-state index contributed by atoms with van der Waals surface area (Å²) < 4.78 is 84.8. The second kappa shape index (κ2) is 10.1. The summed E-state index contributed by atoms with van der Waals surface area (Å²) in [6, 6.07) is 7.42. The van der Waals surface area contributed by atoms with Gasteiger partial charge in [0.05, 0.1) is 17.9 Å². The van der Waals surface area contributed by atoms with E-state index in [2.05, 4.69) is 20.3 Å². The fourth-order valence-electron chi connectivity index (χ4n) is 4.08. The molecule has 4 heterocycles. The summed E-state index contributed by atoms with van der Waals surface area (Å²) in [5, 5.41) is 2.54. The van der Waals surface area contributed by atoms with Crippen LogP contribution >= 0.6 is 0 Å². The quantitative estimate of drug-likeness (QED) is 0.331. The lowest BCUT2D eigenvalue weighted by Gasteiger charge is -2.37. The van der Waals surface area contributed by atoms with Crippen LogP contribution in [-0.4, -0.2) is 60.3 Å². The first-order valence-electron chi connectivity index (χ1n) is 11.9. The average Bonchev–Trinajstić information content (AvgIpc) is 3.30. The van der Waals surface area contributed by atoms with Crippen molar-refractivity contribution in [2.75, 3.05) is 25.5 Å². The lowest BCUT2D eigenvalue weighted by atomic mass is 10.1. The van der Waals surface area contributed by atoms with Gasteiger partial charge in [-0.25, -0.2) is 22.8 Å². The summed E-state index contributed by atoms with van der Waals surface area (Å²) >= 11 is 0. The van der Waals surface area contributed by atoms with Crippen LogP contribution in [0.1, 0.15) is 17.8 Å². The van der Waals surface area contributed by atoms with E-state index in [4.69, 9.17) is 4.42 Å². The Morgan fingerprint density at radius 2 is 1.93 bits per heavy atom. The Bertz CT molecular complexity index is 1690. The van der Waals surface area contributed by atoms with Gasteiger partial charge in [-0.15, -0.1) is 0 Å². The number of sulfonamides is 1. The van der Waals surface area contributed by atoms with E-state index in [1.54, 1.807) is 19.0 Å². The van der Waals surface area contributed by atoms with Crippen LogP contribution in [0, 0.1) is 5.82 Å². The first-order valence-corrected chi connectivity index (χ1v) is 13.3. The lowest BCUT2D eigenvalue weighted by molar-refractivity contribution is -0.141. The van der Waals surface area contributed by atoms with Crippen LogP contribution in [0.5, 0.6) is 0 Å². The minimum atomic E-state index is -4.58. The molecule has 4 aromatic rings. The largest absolute Gasteiger partial charge is 0.443 e. The van der Waals surface area contributed by atoms with E-state index in [-0.39, 0.29) is 36.4 Å². The van der Waals surface area contributed by atoms with Crippen molar-refractivity contribution in [3.05, 3.63) is 65.9 Å². The van der Waals surface area contributed by atoms with Crippen LogP contribution in [0.15, 0.2) is 58.2 Å². The van der Waals surface area contributed by atoms with Crippen molar-refractivity contribution in [2.24, 2.45) is 0 Å². The number of nitrogens with zero attached hydrogens (tertiary/aromatic N) is 5. The Labute approximate surface area is 225 Å². The van der Waals surface area contributed by atoms with Gasteiger partial charge in [-0.1, -0.05) is 0 Å². The third-order valence-electron chi connectivity index (χ3n) is 6.25. The van der Waals surface area contributed by atoms with Crippen LogP contribution < -0.4 is 10.2 Å². The highest BCUT2D eigenvalue weighted by Crippen LogP contribution is 2.32. The number of carbonyl (C=O) groups is 1. The van der Waals surface area contributed by atoms with Crippen molar-refractivity contribution in [2.45, 2.75) is 30.3 Å². The van der Waals surface area contributed by atoms with Crippen LogP contribution in [0.3, 0.4) is 0 Å². The SMILES string of the molecule is CN(C)c1nc(CNC(=O)[C@@H]2CCN2S(=O)(=O)c2cc3cc(F)ccc3o2)cc(-c2ccc(C(F)(F)F)nc2)n1. The van der Waals surface area contributed by atoms with Gasteiger partial charge < -0.3 is 14.6 Å². The van der Waals surface area contributed by atoms with E-state index in [9.17, 15) is 30.8 Å². The molecule has 3 aromatic heterocycles. The van der Waals surface area contributed by atoms with Gasteiger partial charge in [0.2, 0.25) is 16.9 Å². The number of hydrogen-bond acceptors (Lipinski definition) is 8. The average molecular weight is 579 g/mol. The Kier molecular flexibility index (Phi) is 6.95. The molecule has 5 rings (SSSR count). The number of halogens is 4. The van der Waals surface area contributed by atoms with Crippen molar-refractivity contribution in [3.8, 4) is 11.3 Å². The zero-order valence-electron chi connectivity index (χ0n) is 21.1. The molecule has 0 saturated carbocycles. The third kappa shape index (κ3) is 5.34. The van der Waals surface area contributed by atoms with Gasteiger partial charge in [0.1, 0.15) is 23.1 Å². The smallest absolute Gasteiger partial charge is 0.433 e. The molecule has 15 heteroatoms. The fourth-order valence-corrected chi connectivity index (χ4v) is 5.66. The van der Waals surface area contributed by atoms with Crippen LogP contribution in [0.2, 0.25) is 0 Å². The summed E-state index contributed by atoms with van der Waals surface area (Å²) in [5.41, 5.74) is 0.0998. The normalized spacial score (nSPS) is 16.1. The van der Waals surface area contributed by atoms with Gasteiger partial charge in [-0.2, -0.15) is 17.5 Å². The van der Waals surface area contributed by atoms with Crippen molar-refractivity contribution < 1.29 is 35.2 Å². The zero-order valence-corrected chi connectivity index (χ0v) is 21.9. The fraction of sp³-hybridized carbons (Fsp3) is 0.280. The molecule has 1 fully saturated rings. The van der Waals surface area contributed by atoms with Crippen LogP contribution in [0.25, 0.3) is 22.2 Å². The Morgan fingerprint density at radius 1 is 1.15 bits per heavy atom. The number of fused-ring (bicyclic) bond motifs is 1. The van der Waals surface area contributed by atoms with Gasteiger partial charge in [-0.05, 0) is 42.8 Å². The molecular weight excluding hydrogens is 556 g/mol. The van der Waals surface area contributed by atoms with Crippen molar-refractivity contribution in [3.63, 3.8) is 0 Å². The first-order chi connectivity index (χ1) is 18.8. The van der Waals surface area contributed by atoms with E-state index in [0.29, 0.717) is 17.0 Å². The maximum absolute atomic E-state index is 13.5. The maximum atomic E-state index is 13.5. The van der Waals surface area contributed by atoms with E-state index in [1.807, 2.05) is 0 Å². The summed E-state index contributed by atoms with van der Waals surface area (Å²) in [4.78, 5) is 26.7. The summed E-state index contributed by atoms with van der Waals surface area (Å²) in [6.07, 6.45) is -3.26. The van der Waals surface area contributed by atoms with Crippen LogP contribution in [-0.2, 0) is 27.5 Å². The first kappa shape index (κ1) is 27.5. The molecule has 0 aliphatic carbocycles. The second-order valence-corrected chi connectivity index (χ2v) is 11.1. The van der Waals surface area contributed by atoms with E-state index in [0.717, 1.165) is 28.7 Å². The molecule has 0 spiro atoms.